The monoisotopic (exact) mass is 486 g/mol. The minimum absolute atomic E-state index is 0.00940. The van der Waals surface area contributed by atoms with Crippen molar-refractivity contribution in [3.63, 3.8) is 0 Å². The van der Waals surface area contributed by atoms with Crippen LogP contribution in [0.3, 0.4) is 0 Å². The van der Waals surface area contributed by atoms with Gasteiger partial charge in [-0.2, -0.15) is 0 Å². The van der Waals surface area contributed by atoms with Crippen LogP contribution in [-0.4, -0.2) is 25.9 Å². The molecule has 30 heavy (non-hydrogen) atoms. The van der Waals surface area contributed by atoms with Crippen LogP contribution in [0, 0.1) is 5.82 Å². The fraction of sp³-hybridized carbons (Fsp3) is 0.0476. The van der Waals surface area contributed by atoms with Gasteiger partial charge >= 0.3 is 5.97 Å². The molecule has 0 aliphatic rings. The third-order valence-electron chi connectivity index (χ3n) is 4.27. The van der Waals surface area contributed by atoms with E-state index in [2.05, 4.69) is 31.2 Å². The van der Waals surface area contributed by atoms with Crippen LogP contribution >= 0.6 is 27.5 Å². The first-order valence-electron chi connectivity index (χ1n) is 8.75. The van der Waals surface area contributed by atoms with Gasteiger partial charge in [0.05, 0.1) is 16.9 Å². The van der Waals surface area contributed by atoms with Gasteiger partial charge in [0, 0.05) is 22.4 Å². The largest absolute Gasteiger partial charge is 0.448 e. The van der Waals surface area contributed by atoms with Crippen LogP contribution in [0.5, 0.6) is 0 Å². The van der Waals surface area contributed by atoms with E-state index < -0.39 is 12.1 Å². The zero-order chi connectivity index (χ0) is 21.1. The number of carbonyl (C=O) groups is 1. The molecular formula is C21H13BrClFN4O2. The van der Waals surface area contributed by atoms with Crippen LogP contribution in [0.1, 0.15) is 27.7 Å². The summed E-state index contributed by atoms with van der Waals surface area (Å²) in [5.41, 5.74) is 1.87. The second kappa shape index (κ2) is 8.73. The highest BCUT2D eigenvalue weighted by Gasteiger charge is 2.23. The van der Waals surface area contributed by atoms with Crippen molar-refractivity contribution < 1.29 is 13.9 Å². The molecule has 6 nitrogen and oxygen atoms in total. The molecule has 150 valence electrons. The van der Waals surface area contributed by atoms with Gasteiger partial charge in [0.15, 0.2) is 11.8 Å². The first-order valence-corrected chi connectivity index (χ1v) is 9.92. The number of ether oxygens (including phenoxy) is 1. The van der Waals surface area contributed by atoms with Crippen LogP contribution in [0.15, 0.2) is 77.7 Å². The fourth-order valence-corrected chi connectivity index (χ4v) is 3.57. The van der Waals surface area contributed by atoms with E-state index in [4.69, 9.17) is 16.3 Å². The van der Waals surface area contributed by atoms with Crippen LogP contribution < -0.4 is 0 Å². The van der Waals surface area contributed by atoms with Gasteiger partial charge in [-0.1, -0.05) is 44.9 Å². The molecule has 2 aromatic heterocycles. The quantitative estimate of drug-likeness (QED) is 0.364. The molecular weight excluding hydrogens is 475 g/mol. The smallest absolute Gasteiger partial charge is 0.361 e. The average molecular weight is 488 g/mol. The molecule has 4 aromatic rings. The number of halogens is 3. The Hall–Kier alpha value is -3.10. The normalized spacial score (nSPS) is 11.8. The Morgan fingerprint density at radius 3 is 2.47 bits per heavy atom. The third kappa shape index (κ3) is 4.39. The predicted octanol–water partition coefficient (Wildman–Crippen LogP) is 5.16. The molecule has 0 fully saturated rings. The lowest BCUT2D eigenvalue weighted by atomic mass is 10.0. The van der Waals surface area contributed by atoms with Gasteiger partial charge in [-0.05, 0) is 48.0 Å². The standard InChI is InChI=1S/C21H13BrClFN4O2/c22-15-3-6-19(17(23)11-15)28-12-18(26-27-28)21(29)30-20(14-7-9-25-10-8-14)13-1-4-16(24)5-2-13/h1-12,20H. The van der Waals surface area contributed by atoms with E-state index in [1.165, 1.54) is 23.0 Å². The SMILES string of the molecule is O=C(OC(c1ccncc1)c1ccc(F)cc1)c1cn(-c2ccc(Br)cc2Cl)nn1. The maximum atomic E-state index is 13.3. The Bertz CT molecular complexity index is 1190. The van der Waals surface area contributed by atoms with Crippen molar-refractivity contribution >= 4 is 33.5 Å². The second-order valence-corrected chi connectivity index (χ2v) is 7.58. The second-order valence-electron chi connectivity index (χ2n) is 6.26. The number of pyridine rings is 1. The molecule has 9 heteroatoms. The summed E-state index contributed by atoms with van der Waals surface area (Å²) >= 11 is 9.58. The number of nitrogens with zero attached hydrogens (tertiary/aromatic N) is 4. The minimum atomic E-state index is -0.762. The highest BCUT2D eigenvalue weighted by Crippen LogP contribution is 2.28. The highest BCUT2D eigenvalue weighted by atomic mass is 79.9. The van der Waals surface area contributed by atoms with E-state index >= 15 is 0 Å². The van der Waals surface area contributed by atoms with E-state index in [1.807, 2.05) is 0 Å². The molecule has 2 aromatic carbocycles. The van der Waals surface area contributed by atoms with Gasteiger partial charge in [-0.15, -0.1) is 5.10 Å². The van der Waals surface area contributed by atoms with Crippen molar-refractivity contribution in [1.29, 1.82) is 0 Å². The molecule has 0 spiro atoms. The predicted molar refractivity (Wildman–Crippen MR) is 112 cm³/mol. The van der Waals surface area contributed by atoms with Gasteiger partial charge in [0.1, 0.15) is 5.82 Å². The molecule has 1 atom stereocenters. The molecule has 0 saturated heterocycles. The van der Waals surface area contributed by atoms with Crippen molar-refractivity contribution in [2.24, 2.45) is 0 Å². The fourth-order valence-electron chi connectivity index (χ4n) is 2.81. The summed E-state index contributed by atoms with van der Waals surface area (Å²) < 4.78 is 21.3. The van der Waals surface area contributed by atoms with Crippen molar-refractivity contribution in [2.45, 2.75) is 6.10 Å². The highest BCUT2D eigenvalue weighted by molar-refractivity contribution is 9.10. The molecule has 0 aliphatic heterocycles. The lowest BCUT2D eigenvalue weighted by Crippen LogP contribution is -2.13. The van der Waals surface area contributed by atoms with Crippen LogP contribution in [0.25, 0.3) is 5.69 Å². The van der Waals surface area contributed by atoms with E-state index in [0.717, 1.165) is 4.47 Å². The van der Waals surface area contributed by atoms with Gasteiger partial charge in [-0.3, -0.25) is 4.98 Å². The summed E-state index contributed by atoms with van der Waals surface area (Å²) in [5.74, 6) is -1.06. The molecule has 4 rings (SSSR count). The zero-order valence-electron chi connectivity index (χ0n) is 15.2. The van der Waals surface area contributed by atoms with Crippen molar-refractivity contribution in [3.05, 3.63) is 105 Å². The Morgan fingerprint density at radius 1 is 1.07 bits per heavy atom. The van der Waals surface area contributed by atoms with Gasteiger partial charge in [0.25, 0.3) is 0 Å². The molecule has 0 aliphatic carbocycles. The molecule has 0 saturated carbocycles. The Balaban J connectivity index is 1.62. The number of esters is 1. The van der Waals surface area contributed by atoms with Gasteiger partial charge in [0.2, 0.25) is 0 Å². The van der Waals surface area contributed by atoms with E-state index in [0.29, 0.717) is 21.8 Å². The van der Waals surface area contributed by atoms with Crippen molar-refractivity contribution in [3.8, 4) is 5.69 Å². The number of hydrogen-bond donors (Lipinski definition) is 0. The summed E-state index contributed by atoms with van der Waals surface area (Å²) in [5, 5.41) is 8.32. The maximum Gasteiger partial charge on any atom is 0.361 e. The molecule has 0 amide bonds. The zero-order valence-corrected chi connectivity index (χ0v) is 17.6. The summed E-state index contributed by atoms with van der Waals surface area (Å²) in [4.78, 5) is 16.8. The first-order chi connectivity index (χ1) is 14.5. The van der Waals surface area contributed by atoms with Crippen LogP contribution in [0.2, 0.25) is 5.02 Å². The Kier molecular flexibility index (Phi) is 5.87. The molecule has 0 N–H and O–H groups in total. The number of benzene rings is 2. The van der Waals surface area contributed by atoms with E-state index in [9.17, 15) is 9.18 Å². The van der Waals surface area contributed by atoms with Gasteiger partial charge < -0.3 is 4.74 Å². The van der Waals surface area contributed by atoms with Crippen molar-refractivity contribution in [2.75, 3.05) is 0 Å². The summed E-state index contributed by atoms with van der Waals surface area (Å²) in [7, 11) is 0. The number of hydrogen-bond acceptors (Lipinski definition) is 5. The minimum Gasteiger partial charge on any atom is -0.448 e. The number of carbonyl (C=O) groups excluding carboxylic acids is 1. The topological polar surface area (TPSA) is 69.9 Å². The third-order valence-corrected chi connectivity index (χ3v) is 5.06. The number of aromatic nitrogens is 4. The van der Waals surface area contributed by atoms with Crippen LogP contribution in [0.4, 0.5) is 4.39 Å². The summed E-state index contributed by atoms with van der Waals surface area (Å²) in [6, 6.07) is 14.4. The van der Waals surface area contributed by atoms with E-state index in [1.54, 1.807) is 54.9 Å². The Morgan fingerprint density at radius 2 is 1.77 bits per heavy atom. The average Bonchev–Trinajstić information content (AvgIpc) is 3.23. The summed E-state index contributed by atoms with van der Waals surface area (Å²) in [6.45, 7) is 0. The molecule has 2 heterocycles. The van der Waals surface area contributed by atoms with Gasteiger partial charge in [-0.25, -0.2) is 13.9 Å². The maximum absolute atomic E-state index is 13.3. The number of rotatable bonds is 5. The Labute approximate surface area is 184 Å². The first kappa shape index (κ1) is 20.2. The molecule has 0 bridgehead atoms. The van der Waals surface area contributed by atoms with Crippen molar-refractivity contribution in [1.82, 2.24) is 20.0 Å². The summed E-state index contributed by atoms with van der Waals surface area (Å²) in [6.07, 6.45) is 3.85. The lowest BCUT2D eigenvalue weighted by Gasteiger charge is -2.18. The van der Waals surface area contributed by atoms with Crippen LogP contribution in [-0.2, 0) is 4.74 Å². The molecule has 0 radical (unpaired) electrons. The lowest BCUT2D eigenvalue weighted by molar-refractivity contribution is 0.0370. The van der Waals surface area contributed by atoms with E-state index in [-0.39, 0.29) is 11.5 Å². The molecule has 1 unspecified atom stereocenters.